The molecule has 1 aromatic carbocycles. The van der Waals surface area contributed by atoms with E-state index in [4.69, 9.17) is 52.2 Å². The van der Waals surface area contributed by atoms with Gasteiger partial charge in [0.05, 0.1) is 0 Å². The van der Waals surface area contributed by atoms with E-state index in [1.165, 1.54) is 0 Å². The summed E-state index contributed by atoms with van der Waals surface area (Å²) in [5, 5.41) is 0. The molecule has 0 aliphatic carbocycles. The van der Waals surface area contributed by atoms with Gasteiger partial charge in [-0.1, -0.05) is 0 Å². The van der Waals surface area contributed by atoms with E-state index in [9.17, 15) is 0 Å². The third-order valence-corrected chi connectivity index (χ3v) is 1.51. The summed E-state index contributed by atoms with van der Waals surface area (Å²) in [6, 6.07) is 3.40. The zero-order valence-corrected chi connectivity index (χ0v) is 11.8. The Morgan fingerprint density at radius 1 is 0.800 bits per heavy atom. The minimum absolute atomic E-state index is 0.612. The molecule has 1 rings (SSSR count). The summed E-state index contributed by atoms with van der Waals surface area (Å²) in [6.45, 7) is 1.87. The average Bonchev–Trinajstić information content (AvgIpc) is 2.08. The SMILES string of the molecule is Cc1c(N)cc(N)cc1N.O=S(=O)(O)O.O=S(=O)(O)O. The Morgan fingerprint density at radius 3 is 1.20 bits per heavy atom. The second-order valence-electron chi connectivity index (χ2n) is 3.22. The Bertz CT molecular complexity index is 571. The smallest absolute Gasteiger partial charge is 0.394 e. The van der Waals surface area contributed by atoms with Gasteiger partial charge in [0.1, 0.15) is 0 Å². The van der Waals surface area contributed by atoms with Crippen LogP contribution in [0, 0.1) is 6.92 Å². The van der Waals surface area contributed by atoms with Crippen molar-refractivity contribution < 1.29 is 35.0 Å². The molecule has 0 bridgehead atoms. The maximum absolute atomic E-state index is 8.74. The van der Waals surface area contributed by atoms with E-state index < -0.39 is 20.8 Å². The number of nitrogen functional groups attached to an aromatic ring is 3. The lowest BCUT2D eigenvalue weighted by molar-refractivity contribution is 0.378. The minimum Gasteiger partial charge on any atom is -0.399 e. The van der Waals surface area contributed by atoms with Crippen molar-refractivity contribution in [3.63, 3.8) is 0 Å². The predicted octanol–water partition coefficient (Wildman–Crippen LogP) is -0.564. The molecule has 118 valence electrons. The van der Waals surface area contributed by atoms with Crippen molar-refractivity contribution in [1.82, 2.24) is 0 Å². The molecule has 11 nitrogen and oxygen atoms in total. The van der Waals surface area contributed by atoms with Crippen molar-refractivity contribution in [1.29, 1.82) is 0 Å². The van der Waals surface area contributed by atoms with E-state index in [-0.39, 0.29) is 0 Å². The Labute approximate surface area is 115 Å². The Hall–Kier alpha value is -1.64. The van der Waals surface area contributed by atoms with E-state index in [2.05, 4.69) is 0 Å². The molecule has 0 fully saturated rings. The Balaban J connectivity index is 0. The Kier molecular flexibility index (Phi) is 8.09. The van der Waals surface area contributed by atoms with Gasteiger partial charge in [-0.15, -0.1) is 0 Å². The molecule has 0 heterocycles. The third kappa shape index (κ3) is 18.7. The van der Waals surface area contributed by atoms with Crippen LogP contribution in [0.25, 0.3) is 0 Å². The number of hydrogen-bond acceptors (Lipinski definition) is 7. The van der Waals surface area contributed by atoms with E-state index in [0.29, 0.717) is 17.1 Å². The maximum atomic E-state index is 8.74. The molecule has 20 heavy (non-hydrogen) atoms. The third-order valence-electron chi connectivity index (χ3n) is 1.51. The van der Waals surface area contributed by atoms with Gasteiger partial charge in [0, 0.05) is 17.1 Å². The van der Waals surface area contributed by atoms with Gasteiger partial charge in [0.15, 0.2) is 0 Å². The molecule has 0 aromatic heterocycles. The normalized spacial score (nSPS) is 10.7. The number of anilines is 3. The second-order valence-corrected chi connectivity index (χ2v) is 5.01. The zero-order valence-electron chi connectivity index (χ0n) is 10.1. The van der Waals surface area contributed by atoms with Crippen LogP contribution in [0.2, 0.25) is 0 Å². The molecule has 0 atom stereocenters. The predicted molar refractivity (Wildman–Crippen MR) is 72.8 cm³/mol. The molecule has 0 amide bonds. The van der Waals surface area contributed by atoms with E-state index in [1.807, 2.05) is 6.92 Å². The molecule has 0 saturated carbocycles. The highest BCUT2D eigenvalue weighted by molar-refractivity contribution is 7.80. The number of hydrogen-bond donors (Lipinski definition) is 7. The molecular formula is C7H15N3O8S2. The van der Waals surface area contributed by atoms with Crippen LogP contribution in [0.3, 0.4) is 0 Å². The summed E-state index contributed by atoms with van der Waals surface area (Å²) in [4.78, 5) is 0. The van der Waals surface area contributed by atoms with Crippen molar-refractivity contribution in [3.05, 3.63) is 17.7 Å². The van der Waals surface area contributed by atoms with Crippen LogP contribution in [0.5, 0.6) is 0 Å². The molecule has 0 unspecified atom stereocenters. The van der Waals surface area contributed by atoms with Crippen LogP contribution in [-0.2, 0) is 20.8 Å². The van der Waals surface area contributed by atoms with Gasteiger partial charge in [-0.2, -0.15) is 16.8 Å². The highest BCUT2D eigenvalue weighted by atomic mass is 32.3. The van der Waals surface area contributed by atoms with Crippen molar-refractivity contribution in [3.8, 4) is 0 Å². The van der Waals surface area contributed by atoms with Crippen molar-refractivity contribution >= 4 is 37.9 Å². The molecule has 0 aliphatic rings. The lowest BCUT2D eigenvalue weighted by Crippen LogP contribution is -1.98. The van der Waals surface area contributed by atoms with E-state index in [1.54, 1.807) is 12.1 Å². The quantitative estimate of drug-likeness (QED) is 0.235. The zero-order chi connectivity index (χ0) is 16.7. The molecule has 0 spiro atoms. The standard InChI is InChI=1S/C7H11N3.2H2O4S/c1-4-6(9)2-5(8)3-7(4)10;2*1-5(2,3)4/h2-3H,8-10H2,1H3;2*(H2,1,2,3,4). The van der Waals surface area contributed by atoms with Crippen molar-refractivity contribution in [2.24, 2.45) is 0 Å². The summed E-state index contributed by atoms with van der Waals surface area (Å²) in [5.74, 6) is 0. The first-order valence-electron chi connectivity index (χ1n) is 4.42. The molecule has 0 aliphatic heterocycles. The number of benzene rings is 1. The average molecular weight is 333 g/mol. The van der Waals surface area contributed by atoms with E-state index in [0.717, 1.165) is 5.56 Å². The summed E-state index contributed by atoms with van der Waals surface area (Å²) in [7, 11) is -9.33. The monoisotopic (exact) mass is 333 g/mol. The van der Waals surface area contributed by atoms with Crippen LogP contribution in [0.4, 0.5) is 17.1 Å². The summed E-state index contributed by atoms with van der Waals surface area (Å²) in [5.41, 5.74) is 19.4. The number of rotatable bonds is 0. The lowest BCUT2D eigenvalue weighted by atomic mass is 10.1. The lowest BCUT2D eigenvalue weighted by Gasteiger charge is -2.04. The summed E-state index contributed by atoms with van der Waals surface area (Å²) < 4.78 is 63.2. The van der Waals surface area contributed by atoms with Crippen molar-refractivity contribution in [2.45, 2.75) is 6.92 Å². The Morgan fingerprint density at radius 2 is 1.00 bits per heavy atom. The summed E-state index contributed by atoms with van der Waals surface area (Å²) in [6.07, 6.45) is 0. The molecule has 10 N–H and O–H groups in total. The van der Waals surface area contributed by atoms with Crippen LogP contribution < -0.4 is 17.2 Å². The van der Waals surface area contributed by atoms with E-state index >= 15 is 0 Å². The van der Waals surface area contributed by atoms with Crippen LogP contribution in [0.1, 0.15) is 5.56 Å². The van der Waals surface area contributed by atoms with Crippen LogP contribution in [0.15, 0.2) is 12.1 Å². The molecule has 0 saturated heterocycles. The first kappa shape index (κ1) is 20.7. The molecule has 0 radical (unpaired) electrons. The topological polar surface area (TPSA) is 227 Å². The second kappa shape index (κ2) is 7.83. The fourth-order valence-corrected chi connectivity index (χ4v) is 0.784. The summed E-state index contributed by atoms with van der Waals surface area (Å²) >= 11 is 0. The van der Waals surface area contributed by atoms with Crippen molar-refractivity contribution in [2.75, 3.05) is 17.2 Å². The molecule has 1 aromatic rings. The van der Waals surface area contributed by atoms with Gasteiger partial charge in [0.25, 0.3) is 0 Å². The minimum atomic E-state index is -4.67. The molecular weight excluding hydrogens is 318 g/mol. The van der Waals surface area contributed by atoms with Gasteiger partial charge < -0.3 is 17.2 Å². The first-order chi connectivity index (χ1) is 8.61. The highest BCUT2D eigenvalue weighted by Gasteiger charge is 1.98. The number of nitrogens with two attached hydrogens (primary N) is 3. The van der Waals surface area contributed by atoms with Gasteiger partial charge in [-0.05, 0) is 24.6 Å². The first-order valence-corrected chi connectivity index (χ1v) is 7.21. The van der Waals surface area contributed by atoms with Gasteiger partial charge in [-0.3, -0.25) is 18.2 Å². The van der Waals surface area contributed by atoms with Crippen LogP contribution in [-0.4, -0.2) is 35.0 Å². The van der Waals surface area contributed by atoms with Gasteiger partial charge in [-0.25, -0.2) is 0 Å². The van der Waals surface area contributed by atoms with Gasteiger partial charge >= 0.3 is 20.8 Å². The fourth-order valence-electron chi connectivity index (χ4n) is 0.784. The highest BCUT2D eigenvalue weighted by Crippen LogP contribution is 2.21. The fraction of sp³-hybridized carbons (Fsp3) is 0.143. The maximum Gasteiger partial charge on any atom is 0.394 e. The largest absolute Gasteiger partial charge is 0.399 e. The van der Waals surface area contributed by atoms with Gasteiger partial charge in [0.2, 0.25) is 0 Å². The van der Waals surface area contributed by atoms with Crippen LogP contribution >= 0.6 is 0 Å². The molecule has 13 heteroatoms.